The fourth-order valence-corrected chi connectivity index (χ4v) is 3.48. The van der Waals surface area contributed by atoms with E-state index in [0.717, 1.165) is 15.1 Å². The van der Waals surface area contributed by atoms with Gasteiger partial charge in [-0.25, -0.2) is 9.59 Å². The summed E-state index contributed by atoms with van der Waals surface area (Å²) in [5.74, 6) is 0.0505. The summed E-state index contributed by atoms with van der Waals surface area (Å²) < 4.78 is 7.44. The zero-order valence-electron chi connectivity index (χ0n) is 12.9. The van der Waals surface area contributed by atoms with E-state index in [2.05, 4.69) is 5.32 Å². The number of rotatable bonds is 2. The zero-order chi connectivity index (χ0) is 16.7. The zero-order valence-corrected chi connectivity index (χ0v) is 13.7. The van der Waals surface area contributed by atoms with Crippen molar-refractivity contribution in [1.82, 2.24) is 9.13 Å². The number of hydrogen-bond donors (Lipinski definition) is 1. The molecule has 2 aromatic rings. The van der Waals surface area contributed by atoms with Crippen LogP contribution in [0.5, 0.6) is 0 Å². The molecule has 3 rings (SSSR count). The number of carbonyl (C=O) groups excluding carboxylic acids is 1. The predicted octanol–water partition coefficient (Wildman–Crippen LogP) is 1.47. The lowest BCUT2D eigenvalue weighted by molar-refractivity contribution is 0.0526. The fraction of sp³-hybridized carbons (Fsp3) is 0.267. The minimum absolute atomic E-state index is 0.298. The van der Waals surface area contributed by atoms with Gasteiger partial charge in [-0.05, 0) is 25.1 Å². The van der Waals surface area contributed by atoms with E-state index < -0.39 is 11.7 Å². The van der Waals surface area contributed by atoms with Gasteiger partial charge in [-0.1, -0.05) is 11.8 Å². The van der Waals surface area contributed by atoms with Crippen LogP contribution in [-0.4, -0.2) is 21.7 Å². The molecule has 2 heterocycles. The van der Waals surface area contributed by atoms with Crippen LogP contribution in [0.3, 0.4) is 0 Å². The third-order valence-electron chi connectivity index (χ3n) is 3.58. The van der Waals surface area contributed by atoms with Gasteiger partial charge in [-0.2, -0.15) is 0 Å². The van der Waals surface area contributed by atoms with Gasteiger partial charge >= 0.3 is 11.7 Å². The van der Waals surface area contributed by atoms with Crippen LogP contribution < -0.4 is 16.6 Å². The molecule has 1 aliphatic heterocycles. The van der Waals surface area contributed by atoms with Crippen molar-refractivity contribution in [1.29, 1.82) is 0 Å². The van der Waals surface area contributed by atoms with Crippen molar-refractivity contribution in [3.8, 4) is 0 Å². The number of aromatic nitrogens is 2. The van der Waals surface area contributed by atoms with Gasteiger partial charge in [-0.15, -0.1) is 0 Å². The maximum atomic E-state index is 12.3. The Balaban J connectivity index is 2.10. The molecule has 120 valence electrons. The standard InChI is InChI=1S/C15H15N3O4S/c1-4-22-14(20)8-5-6-9-10(7-8)23-11-12(16-9)17(2)15(21)18(3)13(11)19/h5-7,16H,4H2,1-3H3. The average molecular weight is 333 g/mol. The SMILES string of the molecule is CCOC(=O)c1ccc2c(c1)Sc1c(n(C)c(=O)n(C)c1=O)N2. The highest BCUT2D eigenvalue weighted by Gasteiger charge is 2.24. The Hall–Kier alpha value is -2.48. The van der Waals surface area contributed by atoms with Gasteiger partial charge in [0.2, 0.25) is 0 Å². The molecule has 1 aromatic carbocycles. The second-order valence-corrected chi connectivity index (χ2v) is 6.09. The van der Waals surface area contributed by atoms with E-state index in [1.165, 1.54) is 23.4 Å². The topological polar surface area (TPSA) is 82.3 Å². The van der Waals surface area contributed by atoms with Gasteiger partial charge < -0.3 is 10.1 Å². The molecule has 0 unspecified atom stereocenters. The first-order valence-corrected chi connectivity index (χ1v) is 7.81. The molecule has 1 N–H and O–H groups in total. The first kappa shape index (κ1) is 15.4. The highest BCUT2D eigenvalue weighted by atomic mass is 32.2. The van der Waals surface area contributed by atoms with Crippen LogP contribution in [-0.2, 0) is 18.8 Å². The summed E-state index contributed by atoms with van der Waals surface area (Å²) in [4.78, 5) is 37.3. The van der Waals surface area contributed by atoms with E-state index in [4.69, 9.17) is 4.74 Å². The van der Waals surface area contributed by atoms with E-state index in [-0.39, 0.29) is 5.56 Å². The highest BCUT2D eigenvalue weighted by molar-refractivity contribution is 7.99. The average Bonchev–Trinajstić information content (AvgIpc) is 2.56. The monoisotopic (exact) mass is 333 g/mol. The van der Waals surface area contributed by atoms with Crippen molar-refractivity contribution in [2.24, 2.45) is 14.1 Å². The largest absolute Gasteiger partial charge is 0.462 e. The molecule has 0 spiro atoms. The van der Waals surface area contributed by atoms with Crippen LogP contribution in [0.25, 0.3) is 0 Å². The number of anilines is 2. The minimum atomic E-state index is -0.407. The van der Waals surface area contributed by atoms with Crippen molar-refractivity contribution in [3.05, 3.63) is 44.6 Å². The van der Waals surface area contributed by atoms with Crippen molar-refractivity contribution in [3.63, 3.8) is 0 Å². The lowest BCUT2D eigenvalue weighted by Crippen LogP contribution is -2.39. The molecule has 0 radical (unpaired) electrons. The molecule has 0 amide bonds. The van der Waals surface area contributed by atoms with Gasteiger partial charge in [0, 0.05) is 19.0 Å². The van der Waals surface area contributed by atoms with Crippen LogP contribution in [0.1, 0.15) is 17.3 Å². The molecule has 1 aromatic heterocycles. The van der Waals surface area contributed by atoms with Crippen molar-refractivity contribution < 1.29 is 9.53 Å². The van der Waals surface area contributed by atoms with Gasteiger partial charge in [0.25, 0.3) is 5.56 Å². The van der Waals surface area contributed by atoms with Crippen LogP contribution in [0.4, 0.5) is 11.5 Å². The maximum absolute atomic E-state index is 12.3. The van der Waals surface area contributed by atoms with E-state index in [1.54, 1.807) is 32.2 Å². The first-order chi connectivity index (χ1) is 10.9. The number of carbonyl (C=O) groups is 1. The second-order valence-electron chi connectivity index (χ2n) is 5.04. The van der Waals surface area contributed by atoms with E-state index >= 15 is 0 Å². The van der Waals surface area contributed by atoms with Crippen molar-refractivity contribution in [2.75, 3.05) is 11.9 Å². The number of ether oxygens (including phenoxy) is 1. The van der Waals surface area contributed by atoms with Gasteiger partial charge in [-0.3, -0.25) is 13.9 Å². The molecule has 0 fully saturated rings. The Bertz CT molecular complexity index is 930. The molecule has 0 bridgehead atoms. The fourth-order valence-electron chi connectivity index (χ4n) is 2.34. The summed E-state index contributed by atoms with van der Waals surface area (Å²) >= 11 is 1.23. The van der Waals surface area contributed by atoms with E-state index in [9.17, 15) is 14.4 Å². The summed E-state index contributed by atoms with van der Waals surface area (Å²) in [6, 6.07) is 5.06. The van der Waals surface area contributed by atoms with Crippen LogP contribution in [0.2, 0.25) is 0 Å². The number of nitrogens with one attached hydrogen (secondary N) is 1. The molecule has 8 heteroatoms. The Morgan fingerprint density at radius 2 is 2.00 bits per heavy atom. The van der Waals surface area contributed by atoms with Crippen molar-refractivity contribution in [2.45, 2.75) is 16.7 Å². The molecule has 0 atom stereocenters. The predicted molar refractivity (Wildman–Crippen MR) is 86.7 cm³/mol. The lowest BCUT2D eigenvalue weighted by atomic mass is 10.2. The smallest absolute Gasteiger partial charge is 0.338 e. The van der Waals surface area contributed by atoms with Gasteiger partial charge in [0.05, 0.1) is 17.9 Å². The highest BCUT2D eigenvalue weighted by Crippen LogP contribution is 2.41. The number of benzene rings is 1. The molecular formula is C15H15N3O4S. The summed E-state index contributed by atoms with van der Waals surface area (Å²) in [6.07, 6.45) is 0. The molecule has 0 saturated heterocycles. The minimum Gasteiger partial charge on any atom is -0.462 e. The number of nitrogens with zero attached hydrogens (tertiary/aromatic N) is 2. The Morgan fingerprint density at radius 1 is 1.26 bits per heavy atom. The molecule has 7 nitrogen and oxygen atoms in total. The summed E-state index contributed by atoms with van der Waals surface area (Å²) in [5.41, 5.74) is 0.394. The Morgan fingerprint density at radius 3 is 2.70 bits per heavy atom. The molecular weight excluding hydrogens is 318 g/mol. The summed E-state index contributed by atoms with van der Waals surface area (Å²) in [6.45, 7) is 2.04. The molecule has 1 aliphatic rings. The third-order valence-corrected chi connectivity index (χ3v) is 4.71. The van der Waals surface area contributed by atoms with E-state index in [1.807, 2.05) is 0 Å². The summed E-state index contributed by atoms with van der Waals surface area (Å²) in [5, 5.41) is 3.09. The number of esters is 1. The van der Waals surface area contributed by atoms with Gasteiger partial charge in [0.1, 0.15) is 10.7 Å². The number of fused-ring (bicyclic) bond motifs is 2. The number of hydrogen-bond acceptors (Lipinski definition) is 6. The Kier molecular flexibility index (Phi) is 3.77. The van der Waals surface area contributed by atoms with Gasteiger partial charge in [0.15, 0.2) is 0 Å². The normalized spacial score (nSPS) is 12.1. The third kappa shape index (κ3) is 2.44. The van der Waals surface area contributed by atoms with Crippen LogP contribution in [0, 0.1) is 0 Å². The Labute approximate surface area is 135 Å². The first-order valence-electron chi connectivity index (χ1n) is 7.00. The van der Waals surface area contributed by atoms with Crippen molar-refractivity contribution >= 4 is 29.2 Å². The lowest BCUT2D eigenvalue weighted by Gasteiger charge is -2.23. The maximum Gasteiger partial charge on any atom is 0.338 e. The van der Waals surface area contributed by atoms with Crippen LogP contribution >= 0.6 is 11.8 Å². The molecule has 0 saturated carbocycles. The second kappa shape index (κ2) is 5.62. The van der Waals surface area contributed by atoms with E-state index in [0.29, 0.717) is 22.9 Å². The summed E-state index contributed by atoms with van der Waals surface area (Å²) in [7, 11) is 3.04. The van der Waals surface area contributed by atoms with Crippen LogP contribution in [0.15, 0.2) is 37.6 Å². The molecule has 0 aliphatic carbocycles. The molecule has 23 heavy (non-hydrogen) atoms. The quantitative estimate of drug-likeness (QED) is 0.715.